The number of H-pyrrole nitrogens is 1. The summed E-state index contributed by atoms with van der Waals surface area (Å²) in [6, 6.07) is 20.5. The van der Waals surface area contributed by atoms with Gasteiger partial charge in [0.15, 0.2) is 0 Å². The maximum absolute atomic E-state index is 12.8. The van der Waals surface area contributed by atoms with Crippen molar-refractivity contribution in [3.8, 4) is 11.1 Å². The smallest absolute Gasteiger partial charge is 0.254 e. The number of benzene rings is 2. The van der Waals surface area contributed by atoms with Crippen LogP contribution in [0.1, 0.15) is 21.6 Å². The van der Waals surface area contributed by atoms with Gasteiger partial charge in [-0.25, -0.2) is 0 Å². The van der Waals surface area contributed by atoms with E-state index in [2.05, 4.69) is 52.4 Å². The van der Waals surface area contributed by atoms with E-state index in [1.54, 1.807) is 24.5 Å². The molecular weight excluding hydrogens is 334 g/mol. The first-order valence-corrected chi connectivity index (χ1v) is 9.18. The Balaban J connectivity index is 1.52. The quantitative estimate of drug-likeness (QED) is 0.580. The highest BCUT2D eigenvalue weighted by atomic mass is 16.2. The fourth-order valence-electron chi connectivity index (χ4n) is 3.87. The van der Waals surface area contributed by atoms with Crippen LogP contribution in [0.4, 0.5) is 0 Å². The summed E-state index contributed by atoms with van der Waals surface area (Å²) in [5, 5.41) is 1.21. The molecule has 4 heteroatoms. The fraction of sp³-hybridized carbons (Fsp3) is 0.130. The Kier molecular flexibility index (Phi) is 3.75. The number of amides is 1. The Morgan fingerprint density at radius 3 is 2.59 bits per heavy atom. The minimum absolute atomic E-state index is 0.0663. The number of hydrogen-bond donors (Lipinski definition) is 1. The Hall–Kier alpha value is -3.40. The SMILES string of the molecule is O=C(c1ccncc1)N1CCc2[nH]c3ccc(-c4ccccc4)cc3c2C1. The first kappa shape index (κ1) is 15.8. The molecule has 0 saturated heterocycles. The van der Waals surface area contributed by atoms with Crippen molar-refractivity contribution in [2.75, 3.05) is 6.54 Å². The largest absolute Gasteiger partial charge is 0.358 e. The Morgan fingerprint density at radius 1 is 0.963 bits per heavy atom. The summed E-state index contributed by atoms with van der Waals surface area (Å²) in [4.78, 5) is 22.3. The molecule has 1 N–H and O–H groups in total. The second kappa shape index (κ2) is 6.40. The van der Waals surface area contributed by atoms with Gasteiger partial charge in [0.05, 0.1) is 0 Å². The van der Waals surface area contributed by atoms with Crippen molar-refractivity contribution in [2.45, 2.75) is 13.0 Å². The van der Waals surface area contributed by atoms with Gasteiger partial charge in [-0.1, -0.05) is 36.4 Å². The summed E-state index contributed by atoms with van der Waals surface area (Å²) < 4.78 is 0. The average Bonchev–Trinajstić information content (AvgIpc) is 3.11. The maximum atomic E-state index is 12.8. The zero-order valence-electron chi connectivity index (χ0n) is 14.9. The monoisotopic (exact) mass is 353 g/mol. The number of hydrogen-bond acceptors (Lipinski definition) is 2. The highest BCUT2D eigenvalue weighted by Crippen LogP contribution is 2.31. The summed E-state index contributed by atoms with van der Waals surface area (Å²) in [6.45, 7) is 1.36. The first-order chi connectivity index (χ1) is 13.3. The number of nitrogens with zero attached hydrogens (tertiary/aromatic N) is 2. The normalized spacial score (nSPS) is 13.6. The minimum atomic E-state index is 0.0663. The number of pyridine rings is 1. The lowest BCUT2D eigenvalue weighted by Gasteiger charge is -2.27. The van der Waals surface area contributed by atoms with Crippen molar-refractivity contribution in [3.63, 3.8) is 0 Å². The van der Waals surface area contributed by atoms with Gasteiger partial charge in [-0.3, -0.25) is 9.78 Å². The summed E-state index contributed by atoms with van der Waals surface area (Å²) >= 11 is 0. The predicted molar refractivity (Wildman–Crippen MR) is 106 cm³/mol. The van der Waals surface area contributed by atoms with Crippen LogP contribution in [0.3, 0.4) is 0 Å². The van der Waals surface area contributed by atoms with Crippen LogP contribution in [0.25, 0.3) is 22.0 Å². The van der Waals surface area contributed by atoms with Crippen LogP contribution < -0.4 is 0 Å². The number of carbonyl (C=O) groups excluding carboxylic acids is 1. The number of aromatic nitrogens is 2. The van der Waals surface area contributed by atoms with E-state index in [1.807, 2.05) is 11.0 Å². The zero-order valence-corrected chi connectivity index (χ0v) is 14.9. The molecule has 0 radical (unpaired) electrons. The van der Waals surface area contributed by atoms with Crippen LogP contribution >= 0.6 is 0 Å². The molecule has 0 fully saturated rings. The van der Waals surface area contributed by atoms with Gasteiger partial charge >= 0.3 is 0 Å². The molecule has 0 spiro atoms. The van der Waals surface area contributed by atoms with E-state index in [0.717, 1.165) is 18.5 Å². The summed E-state index contributed by atoms with van der Waals surface area (Å²) in [6.07, 6.45) is 4.18. The van der Waals surface area contributed by atoms with Gasteiger partial charge in [0, 0.05) is 59.6 Å². The molecule has 0 saturated carbocycles. The molecule has 2 aromatic carbocycles. The molecule has 4 aromatic rings. The highest BCUT2D eigenvalue weighted by Gasteiger charge is 2.25. The lowest BCUT2D eigenvalue weighted by atomic mass is 9.99. The second-order valence-corrected chi connectivity index (χ2v) is 6.92. The molecule has 0 unspecified atom stereocenters. The third-order valence-electron chi connectivity index (χ3n) is 5.30. The summed E-state index contributed by atoms with van der Waals surface area (Å²) in [7, 11) is 0. The van der Waals surface area contributed by atoms with Crippen LogP contribution in [0, 0.1) is 0 Å². The molecule has 2 aromatic heterocycles. The molecule has 27 heavy (non-hydrogen) atoms. The molecule has 0 atom stereocenters. The van der Waals surface area contributed by atoms with Gasteiger partial charge in [-0.05, 0) is 35.4 Å². The van der Waals surface area contributed by atoms with Crippen molar-refractivity contribution in [2.24, 2.45) is 0 Å². The van der Waals surface area contributed by atoms with Crippen LogP contribution in [-0.4, -0.2) is 27.3 Å². The number of nitrogens with one attached hydrogen (secondary N) is 1. The lowest BCUT2D eigenvalue weighted by Crippen LogP contribution is -2.35. The van der Waals surface area contributed by atoms with Crippen molar-refractivity contribution < 1.29 is 4.79 Å². The average molecular weight is 353 g/mol. The van der Waals surface area contributed by atoms with Crippen LogP contribution in [0.15, 0.2) is 73.1 Å². The van der Waals surface area contributed by atoms with Crippen LogP contribution in [0.2, 0.25) is 0 Å². The van der Waals surface area contributed by atoms with Crippen molar-refractivity contribution >= 4 is 16.8 Å². The predicted octanol–water partition coefficient (Wildman–Crippen LogP) is 4.43. The van der Waals surface area contributed by atoms with E-state index in [1.165, 1.54) is 27.8 Å². The van der Waals surface area contributed by atoms with Crippen molar-refractivity contribution in [1.29, 1.82) is 0 Å². The van der Waals surface area contributed by atoms with Gasteiger partial charge < -0.3 is 9.88 Å². The first-order valence-electron chi connectivity index (χ1n) is 9.18. The third-order valence-corrected chi connectivity index (χ3v) is 5.30. The van der Waals surface area contributed by atoms with E-state index < -0.39 is 0 Å². The Bertz CT molecular complexity index is 1120. The molecule has 1 aliphatic heterocycles. The molecule has 4 nitrogen and oxygen atoms in total. The molecule has 5 rings (SSSR count). The van der Waals surface area contributed by atoms with Gasteiger partial charge in [-0.15, -0.1) is 0 Å². The van der Waals surface area contributed by atoms with Crippen molar-refractivity contribution in [1.82, 2.24) is 14.9 Å². The van der Waals surface area contributed by atoms with E-state index in [9.17, 15) is 4.79 Å². The zero-order chi connectivity index (χ0) is 18.2. The van der Waals surface area contributed by atoms with E-state index in [-0.39, 0.29) is 5.91 Å². The molecule has 3 heterocycles. The van der Waals surface area contributed by atoms with Gasteiger partial charge in [0.2, 0.25) is 0 Å². The number of rotatable bonds is 2. The molecule has 0 aliphatic carbocycles. The summed E-state index contributed by atoms with van der Waals surface area (Å²) in [5.41, 5.74) is 6.71. The topological polar surface area (TPSA) is 49.0 Å². The van der Waals surface area contributed by atoms with Crippen LogP contribution in [-0.2, 0) is 13.0 Å². The van der Waals surface area contributed by atoms with Gasteiger partial charge in [0.1, 0.15) is 0 Å². The second-order valence-electron chi connectivity index (χ2n) is 6.92. The van der Waals surface area contributed by atoms with E-state index >= 15 is 0 Å². The number of aromatic amines is 1. The molecule has 0 bridgehead atoms. The van der Waals surface area contributed by atoms with Crippen LogP contribution in [0.5, 0.6) is 0 Å². The Morgan fingerprint density at radius 2 is 1.78 bits per heavy atom. The minimum Gasteiger partial charge on any atom is -0.358 e. The van der Waals surface area contributed by atoms with Gasteiger partial charge in [-0.2, -0.15) is 0 Å². The fourth-order valence-corrected chi connectivity index (χ4v) is 3.87. The Labute approximate surface area is 157 Å². The lowest BCUT2D eigenvalue weighted by molar-refractivity contribution is 0.0735. The van der Waals surface area contributed by atoms with E-state index in [0.29, 0.717) is 12.1 Å². The highest BCUT2D eigenvalue weighted by molar-refractivity contribution is 5.95. The van der Waals surface area contributed by atoms with Gasteiger partial charge in [0.25, 0.3) is 5.91 Å². The standard InChI is InChI=1S/C23H19N3O/c27-23(17-8-11-24-12-9-17)26-13-10-22-20(15-26)19-14-18(6-7-21(19)25-22)16-4-2-1-3-5-16/h1-9,11-12,14,25H,10,13,15H2. The molecule has 1 amide bonds. The summed E-state index contributed by atoms with van der Waals surface area (Å²) in [5.74, 6) is 0.0663. The van der Waals surface area contributed by atoms with Crippen molar-refractivity contribution in [3.05, 3.63) is 89.9 Å². The molecule has 132 valence electrons. The maximum Gasteiger partial charge on any atom is 0.254 e. The third kappa shape index (κ3) is 2.79. The number of fused-ring (bicyclic) bond motifs is 3. The van der Waals surface area contributed by atoms with E-state index in [4.69, 9.17) is 0 Å². The number of carbonyl (C=O) groups is 1. The molecular formula is C23H19N3O. The molecule has 1 aliphatic rings.